The van der Waals surface area contributed by atoms with Crippen molar-refractivity contribution in [1.82, 2.24) is 16.0 Å². The van der Waals surface area contributed by atoms with Crippen LogP contribution in [0.15, 0.2) is 29.3 Å². The Bertz CT molecular complexity index is 583. The van der Waals surface area contributed by atoms with E-state index < -0.39 is 0 Å². The van der Waals surface area contributed by atoms with Crippen molar-refractivity contribution in [3.8, 4) is 5.75 Å². The van der Waals surface area contributed by atoms with Crippen LogP contribution in [0.1, 0.15) is 51.0 Å². The van der Waals surface area contributed by atoms with Crippen LogP contribution in [0.5, 0.6) is 5.75 Å². The third-order valence-electron chi connectivity index (χ3n) is 4.56. The molecule has 1 amide bonds. The summed E-state index contributed by atoms with van der Waals surface area (Å²) in [7, 11) is 1.66. The van der Waals surface area contributed by atoms with Gasteiger partial charge in [0.25, 0.3) is 0 Å². The fourth-order valence-corrected chi connectivity index (χ4v) is 3.18. The number of guanidine groups is 1. The fourth-order valence-electron chi connectivity index (χ4n) is 3.18. The number of hydrogen-bond acceptors (Lipinski definition) is 3. The Hall–Kier alpha value is -2.24. The summed E-state index contributed by atoms with van der Waals surface area (Å²) in [6.45, 7) is 3.88. The third-order valence-corrected chi connectivity index (χ3v) is 4.56. The molecule has 1 fully saturated rings. The van der Waals surface area contributed by atoms with Crippen molar-refractivity contribution in [2.24, 2.45) is 4.99 Å². The van der Waals surface area contributed by atoms with Crippen molar-refractivity contribution in [1.29, 1.82) is 0 Å². The maximum Gasteiger partial charge on any atom is 0.221 e. The van der Waals surface area contributed by atoms with E-state index >= 15 is 0 Å². The highest BCUT2D eigenvalue weighted by atomic mass is 16.5. The van der Waals surface area contributed by atoms with E-state index in [1.165, 1.54) is 19.3 Å². The van der Waals surface area contributed by atoms with Gasteiger partial charge in [0.05, 0.1) is 13.7 Å². The number of para-hydroxylation sites is 1. The van der Waals surface area contributed by atoms with E-state index in [4.69, 9.17) is 4.74 Å². The number of benzene rings is 1. The average molecular weight is 361 g/mol. The van der Waals surface area contributed by atoms with Crippen molar-refractivity contribution in [3.05, 3.63) is 29.8 Å². The van der Waals surface area contributed by atoms with Crippen LogP contribution in [0.4, 0.5) is 0 Å². The number of aliphatic imine (C=N–C) groups is 1. The van der Waals surface area contributed by atoms with Gasteiger partial charge in [0.1, 0.15) is 5.75 Å². The summed E-state index contributed by atoms with van der Waals surface area (Å²) in [6, 6.07) is 8.22. The molecule has 2 rings (SSSR count). The highest BCUT2D eigenvalue weighted by molar-refractivity contribution is 5.81. The van der Waals surface area contributed by atoms with Gasteiger partial charge in [-0.1, -0.05) is 37.5 Å². The molecule has 1 aromatic carbocycles. The number of ether oxygens (including phenoxy) is 1. The highest BCUT2D eigenvalue weighted by Gasteiger charge is 2.15. The molecule has 1 aliphatic carbocycles. The molecule has 1 saturated carbocycles. The van der Waals surface area contributed by atoms with Crippen molar-refractivity contribution in [2.45, 2.75) is 58.0 Å². The molecule has 6 nitrogen and oxygen atoms in total. The molecule has 0 saturated heterocycles. The van der Waals surface area contributed by atoms with Gasteiger partial charge >= 0.3 is 0 Å². The first-order valence-electron chi connectivity index (χ1n) is 9.66. The van der Waals surface area contributed by atoms with E-state index in [1.54, 1.807) is 7.11 Å². The molecule has 144 valence electrons. The Kier molecular flexibility index (Phi) is 8.79. The maximum atomic E-state index is 12.1. The lowest BCUT2D eigenvalue weighted by atomic mass is 9.95. The summed E-state index contributed by atoms with van der Waals surface area (Å²) in [5.41, 5.74) is 1.03. The van der Waals surface area contributed by atoms with Crippen molar-refractivity contribution in [2.75, 3.05) is 20.2 Å². The molecule has 1 aliphatic rings. The number of nitrogens with zero attached hydrogens (tertiary/aromatic N) is 1. The molecular formula is C20H32N4O2. The van der Waals surface area contributed by atoms with Gasteiger partial charge in [-0.05, 0) is 25.8 Å². The minimum atomic E-state index is 0.116. The van der Waals surface area contributed by atoms with Crippen LogP contribution >= 0.6 is 0 Å². The summed E-state index contributed by atoms with van der Waals surface area (Å²) in [5, 5.41) is 9.59. The van der Waals surface area contributed by atoms with Crippen LogP contribution in [0, 0.1) is 0 Å². The monoisotopic (exact) mass is 360 g/mol. The molecule has 0 heterocycles. The topological polar surface area (TPSA) is 74.8 Å². The molecule has 0 bridgehead atoms. The second kappa shape index (κ2) is 11.4. The highest BCUT2D eigenvalue weighted by Crippen LogP contribution is 2.18. The zero-order valence-electron chi connectivity index (χ0n) is 16.0. The largest absolute Gasteiger partial charge is 0.496 e. The number of hydrogen-bond donors (Lipinski definition) is 3. The molecule has 0 aliphatic heterocycles. The molecular weight excluding hydrogens is 328 g/mol. The summed E-state index contributed by atoms with van der Waals surface area (Å²) in [5.74, 6) is 1.66. The number of carbonyl (C=O) groups is 1. The molecule has 6 heteroatoms. The lowest BCUT2D eigenvalue weighted by Crippen LogP contribution is -2.41. The Labute approximate surface area is 156 Å². The quantitative estimate of drug-likeness (QED) is 0.492. The number of carbonyl (C=O) groups excluding carboxylic acids is 1. The summed E-state index contributed by atoms with van der Waals surface area (Å²) < 4.78 is 5.36. The smallest absolute Gasteiger partial charge is 0.221 e. The fraction of sp³-hybridized carbons (Fsp3) is 0.600. The molecule has 0 aromatic heterocycles. The van der Waals surface area contributed by atoms with E-state index in [0.717, 1.165) is 30.7 Å². The maximum absolute atomic E-state index is 12.1. The molecule has 0 atom stereocenters. The first kappa shape index (κ1) is 20.1. The average Bonchev–Trinajstić information content (AvgIpc) is 2.67. The standard InChI is InChI=1S/C20H32N4O2/c1-3-21-20(23-15-16-9-7-8-12-18(16)26-2)22-14-13-19(25)24-17-10-5-4-6-11-17/h7-9,12,17H,3-6,10-11,13-15H2,1-2H3,(H,24,25)(H2,21,22,23). The van der Waals surface area contributed by atoms with Crippen molar-refractivity contribution < 1.29 is 9.53 Å². The number of rotatable bonds is 8. The van der Waals surface area contributed by atoms with Gasteiger partial charge in [-0.15, -0.1) is 0 Å². The first-order valence-corrected chi connectivity index (χ1v) is 9.66. The molecule has 0 radical (unpaired) electrons. The molecule has 0 spiro atoms. The van der Waals surface area contributed by atoms with Crippen molar-refractivity contribution >= 4 is 11.9 Å². The summed E-state index contributed by atoms with van der Waals surface area (Å²) in [6.07, 6.45) is 6.43. The zero-order chi connectivity index (χ0) is 18.6. The van der Waals surface area contributed by atoms with Gasteiger partial charge in [0.15, 0.2) is 5.96 Å². The summed E-state index contributed by atoms with van der Waals surface area (Å²) in [4.78, 5) is 16.7. The van der Waals surface area contributed by atoms with Gasteiger partial charge in [-0.2, -0.15) is 0 Å². The number of nitrogens with one attached hydrogen (secondary N) is 3. The van der Waals surface area contributed by atoms with E-state index in [9.17, 15) is 4.79 Å². The Morgan fingerprint density at radius 1 is 1.19 bits per heavy atom. The van der Waals surface area contributed by atoms with Crippen LogP contribution in [0.25, 0.3) is 0 Å². The molecule has 1 aromatic rings. The van der Waals surface area contributed by atoms with Crippen LogP contribution in [-0.2, 0) is 11.3 Å². The van der Waals surface area contributed by atoms with Gasteiger partial charge < -0.3 is 20.7 Å². The predicted octanol–water partition coefficient (Wildman–Crippen LogP) is 2.59. The Morgan fingerprint density at radius 3 is 2.69 bits per heavy atom. The minimum Gasteiger partial charge on any atom is -0.496 e. The van der Waals surface area contributed by atoms with Crippen LogP contribution in [0.3, 0.4) is 0 Å². The van der Waals surface area contributed by atoms with Crippen LogP contribution < -0.4 is 20.7 Å². The van der Waals surface area contributed by atoms with E-state index in [2.05, 4.69) is 20.9 Å². The second-order valence-corrected chi connectivity index (χ2v) is 6.59. The second-order valence-electron chi connectivity index (χ2n) is 6.59. The predicted molar refractivity (Wildman–Crippen MR) is 105 cm³/mol. The van der Waals surface area contributed by atoms with E-state index in [0.29, 0.717) is 31.5 Å². The van der Waals surface area contributed by atoms with Crippen LogP contribution in [-0.4, -0.2) is 38.1 Å². The van der Waals surface area contributed by atoms with Gasteiger partial charge in [0, 0.05) is 31.1 Å². The number of amides is 1. The lowest BCUT2D eigenvalue weighted by Gasteiger charge is -2.22. The normalized spacial score (nSPS) is 15.4. The minimum absolute atomic E-state index is 0.116. The van der Waals surface area contributed by atoms with Gasteiger partial charge in [-0.3, -0.25) is 4.79 Å². The van der Waals surface area contributed by atoms with Crippen LogP contribution in [0.2, 0.25) is 0 Å². The third kappa shape index (κ3) is 6.94. The molecule has 26 heavy (non-hydrogen) atoms. The van der Waals surface area contributed by atoms with Gasteiger partial charge in [0.2, 0.25) is 5.91 Å². The zero-order valence-corrected chi connectivity index (χ0v) is 16.0. The van der Waals surface area contributed by atoms with Crippen molar-refractivity contribution in [3.63, 3.8) is 0 Å². The first-order chi connectivity index (χ1) is 12.7. The Balaban J connectivity index is 1.78. The Morgan fingerprint density at radius 2 is 1.96 bits per heavy atom. The molecule has 3 N–H and O–H groups in total. The molecule has 0 unspecified atom stereocenters. The number of methoxy groups -OCH3 is 1. The SMILES string of the molecule is CCNC(=NCc1ccccc1OC)NCCC(=O)NC1CCCCC1. The van der Waals surface area contributed by atoms with Gasteiger partial charge in [-0.25, -0.2) is 4.99 Å². The van der Waals surface area contributed by atoms with E-state index in [1.807, 2.05) is 31.2 Å². The summed E-state index contributed by atoms with van der Waals surface area (Å²) >= 11 is 0. The van der Waals surface area contributed by atoms with E-state index in [-0.39, 0.29) is 5.91 Å². The lowest BCUT2D eigenvalue weighted by molar-refractivity contribution is -0.121.